The van der Waals surface area contributed by atoms with Crippen molar-refractivity contribution in [1.82, 2.24) is 19.4 Å². The second-order valence-electron chi connectivity index (χ2n) is 10.2. The van der Waals surface area contributed by atoms with Crippen molar-refractivity contribution in [1.29, 1.82) is 0 Å². The third-order valence-electron chi connectivity index (χ3n) is 7.55. The van der Waals surface area contributed by atoms with E-state index in [4.69, 9.17) is 9.47 Å². The SMILES string of the molecule is O=C(NC[C@H]1CCCO1)[C@H](c1ccc(F)cc1)N(CCN1CCOCC1)C(=O)CN1C(=O)c2ccccc2S1(=O)=O. The maximum absolute atomic E-state index is 13.9. The first-order valence-corrected chi connectivity index (χ1v) is 15.1. The predicted octanol–water partition coefficient (Wildman–Crippen LogP) is 1.17. The van der Waals surface area contributed by atoms with Crippen molar-refractivity contribution in [3.8, 4) is 0 Å². The van der Waals surface area contributed by atoms with Gasteiger partial charge in [0.15, 0.2) is 0 Å². The molecule has 3 aliphatic rings. The third-order valence-corrected chi connectivity index (χ3v) is 9.33. The molecule has 3 amide bonds. The average Bonchev–Trinajstić information content (AvgIpc) is 3.57. The Balaban J connectivity index is 1.44. The Morgan fingerprint density at radius 1 is 1.07 bits per heavy atom. The van der Waals surface area contributed by atoms with E-state index in [1.807, 2.05) is 0 Å². The highest BCUT2D eigenvalue weighted by molar-refractivity contribution is 7.90. The monoisotopic (exact) mass is 588 g/mol. The van der Waals surface area contributed by atoms with E-state index >= 15 is 0 Å². The van der Waals surface area contributed by atoms with E-state index in [0.717, 1.165) is 12.8 Å². The molecule has 11 nitrogen and oxygen atoms in total. The topological polar surface area (TPSA) is 126 Å². The summed E-state index contributed by atoms with van der Waals surface area (Å²) < 4.78 is 51.8. The molecule has 0 saturated carbocycles. The molecule has 2 fully saturated rings. The number of hydrogen-bond donors (Lipinski definition) is 1. The Bertz CT molecular complexity index is 1380. The van der Waals surface area contributed by atoms with Gasteiger partial charge in [0.2, 0.25) is 11.8 Å². The lowest BCUT2D eigenvalue weighted by Crippen LogP contribution is -2.51. The number of carbonyl (C=O) groups is 3. The number of nitrogens with zero attached hydrogens (tertiary/aromatic N) is 3. The van der Waals surface area contributed by atoms with Crippen LogP contribution < -0.4 is 5.32 Å². The molecule has 2 aromatic carbocycles. The smallest absolute Gasteiger partial charge is 0.269 e. The van der Waals surface area contributed by atoms with Crippen LogP contribution in [0.5, 0.6) is 0 Å². The molecular formula is C28H33FN4O7S. The number of amides is 3. The Morgan fingerprint density at radius 2 is 1.80 bits per heavy atom. The molecule has 0 aromatic heterocycles. The van der Waals surface area contributed by atoms with Crippen LogP contribution in [0.2, 0.25) is 0 Å². The van der Waals surface area contributed by atoms with Crippen molar-refractivity contribution in [3.63, 3.8) is 0 Å². The van der Waals surface area contributed by atoms with Gasteiger partial charge >= 0.3 is 0 Å². The fourth-order valence-corrected chi connectivity index (χ4v) is 6.83. The predicted molar refractivity (Wildman–Crippen MR) is 145 cm³/mol. The number of hydrogen-bond acceptors (Lipinski definition) is 8. The molecule has 3 heterocycles. The van der Waals surface area contributed by atoms with E-state index in [1.165, 1.54) is 47.4 Å². The minimum absolute atomic E-state index is 0.00967. The minimum Gasteiger partial charge on any atom is -0.379 e. The Morgan fingerprint density at radius 3 is 2.49 bits per heavy atom. The molecular weight excluding hydrogens is 555 g/mol. The molecule has 3 aliphatic heterocycles. The summed E-state index contributed by atoms with van der Waals surface area (Å²) in [5.74, 6) is -2.56. The molecule has 0 spiro atoms. The lowest BCUT2D eigenvalue weighted by molar-refractivity contribution is -0.141. The van der Waals surface area contributed by atoms with Crippen molar-refractivity contribution in [2.45, 2.75) is 29.9 Å². The van der Waals surface area contributed by atoms with Gasteiger partial charge in [-0.3, -0.25) is 19.3 Å². The number of fused-ring (bicyclic) bond motifs is 1. The van der Waals surface area contributed by atoms with Crippen molar-refractivity contribution < 1.29 is 36.7 Å². The second-order valence-corrected chi connectivity index (χ2v) is 12.0. The summed E-state index contributed by atoms with van der Waals surface area (Å²) in [6.45, 7) is 2.80. The molecule has 0 unspecified atom stereocenters. The summed E-state index contributed by atoms with van der Waals surface area (Å²) >= 11 is 0. The zero-order valence-corrected chi connectivity index (χ0v) is 23.4. The summed E-state index contributed by atoms with van der Waals surface area (Å²) in [5.41, 5.74) is 0.343. The first-order chi connectivity index (χ1) is 19.8. The van der Waals surface area contributed by atoms with Crippen LogP contribution in [0.1, 0.15) is 34.8 Å². The van der Waals surface area contributed by atoms with Gasteiger partial charge in [-0.1, -0.05) is 24.3 Å². The summed E-state index contributed by atoms with van der Waals surface area (Å²) in [5, 5.41) is 2.86. The maximum Gasteiger partial charge on any atom is 0.269 e. The molecule has 13 heteroatoms. The van der Waals surface area contributed by atoms with Gasteiger partial charge in [0.25, 0.3) is 15.9 Å². The van der Waals surface area contributed by atoms with E-state index in [9.17, 15) is 27.2 Å². The molecule has 0 aliphatic carbocycles. The molecule has 0 radical (unpaired) electrons. The van der Waals surface area contributed by atoms with Crippen LogP contribution in [0.3, 0.4) is 0 Å². The van der Waals surface area contributed by atoms with Crippen LogP contribution >= 0.6 is 0 Å². The van der Waals surface area contributed by atoms with Gasteiger partial charge in [0.05, 0.1) is 24.9 Å². The number of nitrogens with one attached hydrogen (secondary N) is 1. The van der Waals surface area contributed by atoms with Crippen molar-refractivity contribution in [2.75, 3.05) is 59.1 Å². The van der Waals surface area contributed by atoms with Crippen LogP contribution in [-0.2, 0) is 29.1 Å². The first-order valence-electron chi connectivity index (χ1n) is 13.7. The van der Waals surface area contributed by atoms with Gasteiger partial charge in [-0.25, -0.2) is 17.1 Å². The molecule has 0 bridgehead atoms. The molecule has 1 N–H and O–H groups in total. The summed E-state index contributed by atoms with van der Waals surface area (Å²) in [4.78, 5) is 43.9. The highest BCUT2D eigenvalue weighted by atomic mass is 32.2. The summed E-state index contributed by atoms with van der Waals surface area (Å²) in [6.07, 6.45) is 1.51. The molecule has 2 aromatic rings. The number of benzene rings is 2. The molecule has 2 saturated heterocycles. The Kier molecular flexibility index (Phi) is 8.97. The lowest BCUT2D eigenvalue weighted by atomic mass is 10.0. The van der Waals surface area contributed by atoms with E-state index in [1.54, 1.807) is 6.07 Å². The van der Waals surface area contributed by atoms with Crippen molar-refractivity contribution in [2.24, 2.45) is 0 Å². The van der Waals surface area contributed by atoms with Crippen LogP contribution in [0.25, 0.3) is 0 Å². The highest BCUT2D eigenvalue weighted by Crippen LogP contribution is 2.31. The van der Waals surface area contributed by atoms with Gasteiger partial charge in [0.1, 0.15) is 23.3 Å². The summed E-state index contributed by atoms with van der Waals surface area (Å²) in [7, 11) is -4.25. The number of carbonyl (C=O) groups excluding carboxylic acids is 3. The van der Waals surface area contributed by atoms with Gasteiger partial charge in [-0.15, -0.1) is 0 Å². The van der Waals surface area contributed by atoms with Gasteiger partial charge in [0, 0.05) is 39.3 Å². The number of sulfonamides is 1. The van der Waals surface area contributed by atoms with Gasteiger partial charge < -0.3 is 19.7 Å². The van der Waals surface area contributed by atoms with Gasteiger partial charge in [-0.2, -0.15) is 0 Å². The zero-order chi connectivity index (χ0) is 29.0. The van der Waals surface area contributed by atoms with E-state index in [0.29, 0.717) is 49.3 Å². The Labute approximate surface area is 238 Å². The number of morpholine rings is 1. The largest absolute Gasteiger partial charge is 0.379 e. The molecule has 5 rings (SSSR count). The van der Waals surface area contributed by atoms with Crippen LogP contribution in [0, 0.1) is 5.82 Å². The van der Waals surface area contributed by atoms with Crippen molar-refractivity contribution >= 4 is 27.7 Å². The standard InChI is InChI=1S/C28H33FN4O7S/c29-21-9-7-20(8-10-21)26(27(35)30-18-22-4-3-15-40-22)32(12-11-31-13-16-39-17-14-31)25(34)19-33-28(36)23-5-1-2-6-24(23)41(33,37)38/h1-2,5-10,22,26H,3-4,11-19H2,(H,30,35)/t22-,26+/m1/s1. The average molecular weight is 589 g/mol. The van der Waals surface area contributed by atoms with Crippen LogP contribution in [0.15, 0.2) is 53.4 Å². The lowest BCUT2D eigenvalue weighted by Gasteiger charge is -2.35. The molecule has 41 heavy (non-hydrogen) atoms. The fourth-order valence-electron chi connectivity index (χ4n) is 5.31. The maximum atomic E-state index is 13.9. The van der Waals surface area contributed by atoms with Crippen LogP contribution in [0.4, 0.5) is 4.39 Å². The Hall–Kier alpha value is -3.39. The first kappa shape index (κ1) is 29.1. The quantitative estimate of drug-likeness (QED) is 0.439. The number of ether oxygens (including phenoxy) is 2. The number of rotatable bonds is 10. The van der Waals surface area contributed by atoms with E-state index < -0.39 is 46.1 Å². The normalized spacial score (nSPS) is 21.0. The van der Waals surface area contributed by atoms with Gasteiger partial charge in [-0.05, 0) is 42.7 Å². The van der Waals surface area contributed by atoms with Crippen LogP contribution in [-0.4, -0.2) is 105 Å². The van der Waals surface area contributed by atoms with E-state index in [-0.39, 0.29) is 29.7 Å². The summed E-state index contributed by atoms with van der Waals surface area (Å²) in [6, 6.07) is 9.83. The van der Waals surface area contributed by atoms with Crippen molar-refractivity contribution in [3.05, 3.63) is 65.5 Å². The highest BCUT2D eigenvalue weighted by Gasteiger charge is 2.43. The molecule has 220 valence electrons. The zero-order valence-electron chi connectivity index (χ0n) is 22.5. The second kappa shape index (κ2) is 12.6. The minimum atomic E-state index is -4.25. The molecule has 2 atom stereocenters. The number of halogens is 1. The fraction of sp³-hybridized carbons (Fsp3) is 0.464. The third kappa shape index (κ3) is 6.43. The van der Waals surface area contributed by atoms with E-state index in [2.05, 4.69) is 10.2 Å².